The molecule has 0 bridgehead atoms. The second-order valence-corrected chi connectivity index (χ2v) is 4.27. The predicted octanol–water partition coefficient (Wildman–Crippen LogP) is 2.17. The van der Waals surface area contributed by atoms with Crippen molar-refractivity contribution in [3.8, 4) is 0 Å². The van der Waals surface area contributed by atoms with Crippen molar-refractivity contribution in [1.29, 1.82) is 0 Å². The van der Waals surface area contributed by atoms with E-state index in [2.05, 4.69) is 5.32 Å². The lowest BCUT2D eigenvalue weighted by Crippen LogP contribution is -2.33. The maximum Gasteiger partial charge on any atom is 0.255 e. The summed E-state index contributed by atoms with van der Waals surface area (Å²) < 4.78 is 38.5. The van der Waals surface area contributed by atoms with E-state index < -0.39 is 18.8 Å². The van der Waals surface area contributed by atoms with Crippen LogP contribution >= 0.6 is 0 Å². The lowest BCUT2D eigenvalue weighted by atomic mass is 10.0. The Morgan fingerprint density at radius 3 is 2.58 bits per heavy atom. The Morgan fingerprint density at radius 1 is 1.37 bits per heavy atom. The molecule has 108 valence electrons. The molecule has 0 aliphatic rings. The summed E-state index contributed by atoms with van der Waals surface area (Å²) >= 11 is 0. The summed E-state index contributed by atoms with van der Waals surface area (Å²) in [4.78, 5) is 1.37. The standard InChI is InChI=1S/C13H19F3N2O/c1-9(17-2)11-7-10(14)3-4-12(11)18(5-6-19)8-13(15)16/h3-4,7,9,13,17,19H,5-6,8H2,1-2H3. The molecule has 6 heteroatoms. The number of nitrogens with one attached hydrogen (secondary N) is 1. The van der Waals surface area contributed by atoms with E-state index in [1.165, 1.54) is 23.1 Å². The van der Waals surface area contributed by atoms with Gasteiger partial charge in [0.1, 0.15) is 5.82 Å². The molecule has 0 amide bonds. The molecule has 0 spiro atoms. The average Bonchev–Trinajstić information content (AvgIpc) is 2.36. The molecule has 1 aromatic carbocycles. The van der Waals surface area contributed by atoms with E-state index in [4.69, 9.17) is 5.11 Å². The Kier molecular flexibility index (Phi) is 6.11. The topological polar surface area (TPSA) is 35.5 Å². The highest BCUT2D eigenvalue weighted by Gasteiger charge is 2.18. The van der Waals surface area contributed by atoms with Crippen molar-refractivity contribution in [2.75, 3.05) is 31.6 Å². The Morgan fingerprint density at radius 2 is 2.05 bits per heavy atom. The van der Waals surface area contributed by atoms with Crippen LogP contribution in [0.1, 0.15) is 18.5 Å². The molecule has 1 aromatic rings. The van der Waals surface area contributed by atoms with Crippen LogP contribution in [-0.4, -0.2) is 38.3 Å². The fourth-order valence-corrected chi connectivity index (χ4v) is 1.91. The third-order valence-electron chi connectivity index (χ3n) is 2.96. The Bertz CT molecular complexity index is 401. The third-order valence-corrected chi connectivity index (χ3v) is 2.96. The minimum absolute atomic E-state index is 0.0827. The molecule has 0 heterocycles. The molecule has 3 nitrogen and oxygen atoms in total. The highest BCUT2D eigenvalue weighted by molar-refractivity contribution is 5.55. The number of nitrogens with zero attached hydrogens (tertiary/aromatic N) is 1. The molecular weight excluding hydrogens is 257 g/mol. The highest BCUT2D eigenvalue weighted by atomic mass is 19.3. The molecule has 0 aliphatic heterocycles. The molecule has 2 N–H and O–H groups in total. The number of benzene rings is 1. The van der Waals surface area contributed by atoms with Gasteiger partial charge in [0.05, 0.1) is 13.2 Å². The van der Waals surface area contributed by atoms with Crippen LogP contribution in [0.15, 0.2) is 18.2 Å². The van der Waals surface area contributed by atoms with E-state index in [0.29, 0.717) is 11.3 Å². The van der Waals surface area contributed by atoms with E-state index in [-0.39, 0.29) is 19.2 Å². The maximum absolute atomic E-state index is 13.3. The van der Waals surface area contributed by atoms with Gasteiger partial charge in [-0.1, -0.05) is 0 Å². The summed E-state index contributed by atoms with van der Waals surface area (Å²) in [6.07, 6.45) is -2.52. The van der Waals surface area contributed by atoms with Crippen LogP contribution in [0.2, 0.25) is 0 Å². The van der Waals surface area contributed by atoms with E-state index >= 15 is 0 Å². The highest BCUT2D eigenvalue weighted by Crippen LogP contribution is 2.27. The van der Waals surface area contributed by atoms with Crippen molar-refractivity contribution < 1.29 is 18.3 Å². The molecule has 19 heavy (non-hydrogen) atoms. The van der Waals surface area contributed by atoms with E-state index in [1.807, 2.05) is 6.92 Å². The molecule has 0 fully saturated rings. The minimum Gasteiger partial charge on any atom is -0.395 e. The normalized spacial score (nSPS) is 12.8. The van der Waals surface area contributed by atoms with Gasteiger partial charge in [0.15, 0.2) is 0 Å². The predicted molar refractivity (Wildman–Crippen MR) is 69.2 cm³/mol. The second-order valence-electron chi connectivity index (χ2n) is 4.27. The van der Waals surface area contributed by atoms with Crippen molar-refractivity contribution in [1.82, 2.24) is 5.32 Å². The van der Waals surface area contributed by atoms with E-state index in [1.54, 1.807) is 7.05 Å². The molecule has 1 unspecified atom stereocenters. The number of anilines is 1. The van der Waals surface area contributed by atoms with Crippen LogP contribution in [0.4, 0.5) is 18.9 Å². The van der Waals surface area contributed by atoms with E-state index in [9.17, 15) is 13.2 Å². The SMILES string of the molecule is CNC(C)c1cc(F)ccc1N(CCO)CC(F)F. The molecule has 0 aromatic heterocycles. The van der Waals surface area contributed by atoms with Gasteiger partial charge in [0.2, 0.25) is 0 Å². The number of halogens is 3. The van der Waals surface area contributed by atoms with Crippen LogP contribution in [0.25, 0.3) is 0 Å². The fraction of sp³-hybridized carbons (Fsp3) is 0.538. The first-order valence-electron chi connectivity index (χ1n) is 6.10. The van der Waals surface area contributed by atoms with Gasteiger partial charge in [-0.3, -0.25) is 0 Å². The third kappa shape index (κ3) is 4.40. The zero-order valence-electron chi connectivity index (χ0n) is 11.0. The zero-order chi connectivity index (χ0) is 14.4. The zero-order valence-corrected chi connectivity index (χ0v) is 11.0. The number of hydrogen-bond donors (Lipinski definition) is 2. The van der Waals surface area contributed by atoms with Crippen LogP contribution in [0.3, 0.4) is 0 Å². The lowest BCUT2D eigenvalue weighted by Gasteiger charge is -2.28. The van der Waals surface area contributed by atoms with Gasteiger partial charge in [0, 0.05) is 18.3 Å². The summed E-state index contributed by atoms with van der Waals surface area (Å²) in [7, 11) is 1.71. The smallest absolute Gasteiger partial charge is 0.255 e. The second kappa shape index (κ2) is 7.35. The number of alkyl halides is 2. The monoisotopic (exact) mass is 276 g/mol. The molecular formula is C13H19F3N2O. The van der Waals surface area contributed by atoms with Gasteiger partial charge in [0.25, 0.3) is 6.43 Å². The number of aliphatic hydroxyl groups is 1. The van der Waals surface area contributed by atoms with Crippen molar-refractivity contribution in [2.45, 2.75) is 19.4 Å². The number of rotatable bonds is 7. The average molecular weight is 276 g/mol. The largest absolute Gasteiger partial charge is 0.395 e. The Labute approximate surface area is 111 Å². The molecule has 0 saturated heterocycles. The molecule has 1 atom stereocenters. The van der Waals surface area contributed by atoms with Crippen LogP contribution in [0.5, 0.6) is 0 Å². The summed E-state index contributed by atoms with van der Waals surface area (Å²) in [5, 5.41) is 11.9. The molecule has 0 radical (unpaired) electrons. The van der Waals surface area contributed by atoms with Crippen molar-refractivity contribution in [3.63, 3.8) is 0 Å². The van der Waals surface area contributed by atoms with Gasteiger partial charge in [-0.2, -0.15) is 0 Å². The minimum atomic E-state index is -2.52. The quantitative estimate of drug-likeness (QED) is 0.801. The van der Waals surface area contributed by atoms with Crippen LogP contribution in [-0.2, 0) is 0 Å². The summed E-state index contributed by atoms with van der Waals surface area (Å²) in [5.41, 5.74) is 1.11. The van der Waals surface area contributed by atoms with E-state index in [0.717, 1.165) is 0 Å². The fourth-order valence-electron chi connectivity index (χ4n) is 1.91. The first-order chi connectivity index (χ1) is 8.99. The van der Waals surface area contributed by atoms with Crippen molar-refractivity contribution in [2.24, 2.45) is 0 Å². The summed E-state index contributed by atoms with van der Waals surface area (Å²) in [6.45, 7) is 1.17. The first kappa shape index (κ1) is 15.8. The Hall–Kier alpha value is -1.27. The van der Waals surface area contributed by atoms with Gasteiger partial charge < -0.3 is 15.3 Å². The number of aliphatic hydroxyl groups excluding tert-OH is 1. The maximum atomic E-state index is 13.3. The lowest BCUT2D eigenvalue weighted by molar-refractivity contribution is 0.152. The summed E-state index contributed by atoms with van der Waals surface area (Å²) in [5.74, 6) is -0.415. The first-order valence-corrected chi connectivity index (χ1v) is 6.10. The van der Waals surface area contributed by atoms with Crippen LogP contribution < -0.4 is 10.2 Å². The molecule has 0 saturated carbocycles. The van der Waals surface area contributed by atoms with Gasteiger partial charge in [-0.25, -0.2) is 13.2 Å². The molecule has 1 rings (SSSR count). The number of hydrogen-bond acceptors (Lipinski definition) is 3. The van der Waals surface area contributed by atoms with Crippen molar-refractivity contribution in [3.05, 3.63) is 29.6 Å². The van der Waals surface area contributed by atoms with Gasteiger partial charge in [-0.15, -0.1) is 0 Å². The Balaban J connectivity index is 3.13. The van der Waals surface area contributed by atoms with Gasteiger partial charge in [-0.05, 0) is 37.7 Å². The van der Waals surface area contributed by atoms with Gasteiger partial charge >= 0.3 is 0 Å². The van der Waals surface area contributed by atoms with Crippen LogP contribution in [0, 0.1) is 5.82 Å². The van der Waals surface area contributed by atoms with Crippen molar-refractivity contribution >= 4 is 5.69 Å². The molecule has 0 aliphatic carbocycles. The summed E-state index contributed by atoms with van der Waals surface area (Å²) in [6, 6.07) is 3.85.